The maximum Gasteiger partial charge on any atom is 0.0451 e. The number of aliphatic carboxylic acids is 2. The lowest BCUT2D eigenvalue weighted by atomic mass is 10.2. The van der Waals surface area contributed by atoms with Gasteiger partial charge in [-0.05, 0) is 0 Å². The van der Waals surface area contributed by atoms with Gasteiger partial charge in [-0.3, -0.25) is 0 Å². The van der Waals surface area contributed by atoms with Crippen LogP contribution in [0, 0.1) is 11.8 Å². The third kappa shape index (κ3) is 6.15. The second-order valence-electron chi connectivity index (χ2n) is 3.01. The Balaban J connectivity index is 3.47. The zero-order valence-corrected chi connectivity index (χ0v) is 9.65. The van der Waals surface area contributed by atoms with Gasteiger partial charge in [0.1, 0.15) is 0 Å². The van der Waals surface area contributed by atoms with Crippen molar-refractivity contribution in [3.05, 3.63) is 0 Å². The number of carboxylic acids is 2. The van der Waals surface area contributed by atoms with Crippen molar-refractivity contribution < 1.29 is 19.8 Å². The molecule has 14 heavy (non-hydrogen) atoms. The first-order valence-corrected chi connectivity index (χ1v) is 6.60. The number of carboxylic acid groups (broad SMARTS) is 2. The molecule has 0 aromatic heterocycles. The fraction of sp³-hybridized carbons (Fsp3) is 0.750. The molecule has 0 N–H and O–H groups in total. The predicted molar refractivity (Wildman–Crippen MR) is 53.3 cm³/mol. The number of carbonyl (C=O) groups excluding carboxylic acids is 2. The molecule has 2 atom stereocenters. The zero-order chi connectivity index (χ0) is 11.1. The Morgan fingerprint density at radius 1 is 1.00 bits per heavy atom. The van der Waals surface area contributed by atoms with Gasteiger partial charge in [0, 0.05) is 35.3 Å². The molecular weight excluding hydrogens is 224 g/mol. The molecule has 0 bridgehead atoms. The Morgan fingerprint density at radius 3 is 1.50 bits per heavy atom. The van der Waals surface area contributed by atoms with E-state index in [1.807, 2.05) is 0 Å². The van der Waals surface area contributed by atoms with Gasteiger partial charge < -0.3 is 19.8 Å². The molecular formula is C8H12O4S2-2. The largest absolute Gasteiger partial charge is 0.550 e. The number of rotatable bonds is 7. The van der Waals surface area contributed by atoms with Gasteiger partial charge in [0.25, 0.3) is 0 Å². The van der Waals surface area contributed by atoms with Crippen LogP contribution in [0.1, 0.15) is 13.8 Å². The summed E-state index contributed by atoms with van der Waals surface area (Å²) in [5, 5.41) is 20.6. The molecule has 0 aromatic rings. The Labute approximate surface area is 90.9 Å². The highest BCUT2D eigenvalue weighted by Crippen LogP contribution is 2.25. The molecule has 0 fully saturated rings. The molecule has 0 saturated carbocycles. The fourth-order valence-electron chi connectivity index (χ4n) is 0.436. The second-order valence-corrected chi connectivity index (χ2v) is 5.56. The second kappa shape index (κ2) is 7.00. The molecule has 0 aliphatic carbocycles. The van der Waals surface area contributed by atoms with Crippen molar-refractivity contribution in [2.75, 3.05) is 11.5 Å². The normalized spacial score (nSPS) is 14.7. The predicted octanol–water partition coefficient (Wildman–Crippen LogP) is -0.860. The molecule has 0 heterocycles. The summed E-state index contributed by atoms with van der Waals surface area (Å²) in [4.78, 5) is 20.6. The first-order valence-electron chi connectivity index (χ1n) is 4.11. The first kappa shape index (κ1) is 13.6. The average molecular weight is 236 g/mol. The van der Waals surface area contributed by atoms with Gasteiger partial charge in [0.2, 0.25) is 0 Å². The first-order chi connectivity index (χ1) is 6.45. The van der Waals surface area contributed by atoms with Crippen LogP contribution in [0.2, 0.25) is 0 Å². The zero-order valence-electron chi connectivity index (χ0n) is 8.02. The molecule has 82 valence electrons. The number of hydrogen-bond donors (Lipinski definition) is 0. The maximum absolute atomic E-state index is 10.3. The van der Waals surface area contributed by atoms with Crippen LogP contribution in [-0.2, 0) is 9.59 Å². The molecule has 0 rings (SSSR count). The molecule has 0 aliphatic rings. The lowest BCUT2D eigenvalue weighted by Gasteiger charge is -2.13. The molecule has 0 spiro atoms. The van der Waals surface area contributed by atoms with E-state index in [0.29, 0.717) is 11.5 Å². The van der Waals surface area contributed by atoms with Crippen molar-refractivity contribution >= 4 is 33.5 Å². The van der Waals surface area contributed by atoms with Gasteiger partial charge >= 0.3 is 0 Å². The highest BCUT2D eigenvalue weighted by molar-refractivity contribution is 8.76. The van der Waals surface area contributed by atoms with Crippen molar-refractivity contribution in [1.29, 1.82) is 0 Å². The van der Waals surface area contributed by atoms with E-state index < -0.39 is 23.8 Å². The van der Waals surface area contributed by atoms with Crippen LogP contribution in [0.3, 0.4) is 0 Å². The fourth-order valence-corrected chi connectivity index (χ4v) is 3.11. The molecule has 0 amide bonds. The van der Waals surface area contributed by atoms with E-state index in [9.17, 15) is 19.8 Å². The SMILES string of the molecule is C[C@@H](CSSC[C@H](C)C(=O)[O-])C(=O)[O-]. The summed E-state index contributed by atoms with van der Waals surface area (Å²) in [7, 11) is 2.68. The van der Waals surface area contributed by atoms with Crippen molar-refractivity contribution in [3.8, 4) is 0 Å². The lowest BCUT2D eigenvalue weighted by Crippen LogP contribution is -2.31. The quantitative estimate of drug-likeness (QED) is 0.423. The van der Waals surface area contributed by atoms with Gasteiger partial charge in [-0.2, -0.15) is 0 Å². The van der Waals surface area contributed by atoms with Gasteiger partial charge in [0.15, 0.2) is 0 Å². The van der Waals surface area contributed by atoms with E-state index in [1.54, 1.807) is 13.8 Å². The van der Waals surface area contributed by atoms with E-state index in [-0.39, 0.29) is 0 Å². The van der Waals surface area contributed by atoms with E-state index in [4.69, 9.17) is 0 Å². The highest BCUT2D eigenvalue weighted by Gasteiger charge is 2.06. The van der Waals surface area contributed by atoms with Crippen molar-refractivity contribution in [2.45, 2.75) is 13.8 Å². The van der Waals surface area contributed by atoms with Gasteiger partial charge in [0.05, 0.1) is 0 Å². The summed E-state index contributed by atoms with van der Waals surface area (Å²) in [6.45, 7) is 3.12. The van der Waals surface area contributed by atoms with Crippen LogP contribution >= 0.6 is 21.6 Å². The lowest BCUT2D eigenvalue weighted by molar-refractivity contribution is -0.311. The third-order valence-corrected chi connectivity index (χ3v) is 4.28. The van der Waals surface area contributed by atoms with Crippen LogP contribution < -0.4 is 10.2 Å². The molecule has 0 aliphatic heterocycles. The van der Waals surface area contributed by atoms with Crippen molar-refractivity contribution in [3.63, 3.8) is 0 Å². The summed E-state index contributed by atoms with van der Waals surface area (Å²) < 4.78 is 0. The minimum absolute atomic E-state index is 0.423. The molecule has 0 radical (unpaired) electrons. The standard InChI is InChI=1S/C8H14O4S2/c1-5(7(9)10)3-13-14-4-6(2)8(11)12/h5-6H,3-4H2,1-2H3,(H,9,10)(H,11,12)/p-2/t5-,6-/m0/s1. The monoisotopic (exact) mass is 236 g/mol. The molecule has 0 saturated heterocycles. The van der Waals surface area contributed by atoms with Crippen molar-refractivity contribution in [1.82, 2.24) is 0 Å². The molecule has 0 aromatic carbocycles. The third-order valence-electron chi connectivity index (χ3n) is 1.52. The minimum Gasteiger partial charge on any atom is -0.550 e. The van der Waals surface area contributed by atoms with Gasteiger partial charge in [-0.15, -0.1) is 0 Å². The molecule has 0 unspecified atom stereocenters. The highest BCUT2D eigenvalue weighted by atomic mass is 33.1. The van der Waals surface area contributed by atoms with Gasteiger partial charge in [-0.25, -0.2) is 0 Å². The number of carbonyl (C=O) groups is 2. The summed E-state index contributed by atoms with van der Waals surface area (Å²) in [5.74, 6) is -2.33. The Hall–Kier alpha value is -0.360. The number of hydrogen-bond acceptors (Lipinski definition) is 6. The summed E-state index contributed by atoms with van der Waals surface area (Å²) in [5.41, 5.74) is 0. The molecule has 6 heteroatoms. The van der Waals surface area contributed by atoms with E-state index in [0.717, 1.165) is 0 Å². The minimum atomic E-state index is -1.08. The average Bonchev–Trinajstić information content (AvgIpc) is 2.11. The topological polar surface area (TPSA) is 80.3 Å². The van der Waals surface area contributed by atoms with E-state index in [1.165, 1.54) is 21.6 Å². The smallest absolute Gasteiger partial charge is 0.0451 e. The van der Waals surface area contributed by atoms with E-state index in [2.05, 4.69) is 0 Å². The maximum atomic E-state index is 10.3. The Morgan fingerprint density at radius 2 is 1.29 bits per heavy atom. The van der Waals surface area contributed by atoms with Crippen LogP contribution in [0.25, 0.3) is 0 Å². The van der Waals surface area contributed by atoms with E-state index >= 15 is 0 Å². The van der Waals surface area contributed by atoms with Crippen LogP contribution in [0.4, 0.5) is 0 Å². The summed E-state index contributed by atoms with van der Waals surface area (Å²) >= 11 is 0. The Bertz CT molecular complexity index is 186. The van der Waals surface area contributed by atoms with Crippen LogP contribution in [-0.4, -0.2) is 23.4 Å². The summed E-state index contributed by atoms with van der Waals surface area (Å²) in [6, 6.07) is 0. The van der Waals surface area contributed by atoms with Gasteiger partial charge in [-0.1, -0.05) is 35.4 Å². The van der Waals surface area contributed by atoms with Crippen molar-refractivity contribution in [2.24, 2.45) is 11.8 Å². The summed E-state index contributed by atoms with van der Waals surface area (Å²) in [6.07, 6.45) is 0. The molecule has 4 nitrogen and oxygen atoms in total. The van der Waals surface area contributed by atoms with Crippen LogP contribution in [0.5, 0.6) is 0 Å². The van der Waals surface area contributed by atoms with Crippen LogP contribution in [0.15, 0.2) is 0 Å². The Kier molecular flexibility index (Phi) is 6.82.